The van der Waals surface area contributed by atoms with Gasteiger partial charge in [-0.15, -0.1) is 0 Å². The molecule has 3 aromatic carbocycles. The van der Waals surface area contributed by atoms with Crippen LogP contribution in [0.1, 0.15) is 45.4 Å². The first kappa shape index (κ1) is 25.2. The minimum Gasteiger partial charge on any atom is -0.294 e. The van der Waals surface area contributed by atoms with Crippen molar-refractivity contribution in [1.29, 1.82) is 0 Å². The zero-order valence-corrected chi connectivity index (χ0v) is 20.9. The van der Waals surface area contributed by atoms with Crippen molar-refractivity contribution in [2.75, 3.05) is 6.54 Å². The second-order valence-corrected chi connectivity index (χ2v) is 9.60. The van der Waals surface area contributed by atoms with E-state index in [4.69, 9.17) is 16.6 Å². The summed E-state index contributed by atoms with van der Waals surface area (Å²) in [6.07, 6.45) is -4.00. The molecule has 4 aromatic rings. The van der Waals surface area contributed by atoms with Crippen molar-refractivity contribution in [1.82, 2.24) is 14.5 Å². The van der Waals surface area contributed by atoms with Gasteiger partial charge in [0, 0.05) is 26.1 Å². The van der Waals surface area contributed by atoms with Crippen LogP contribution in [0.15, 0.2) is 83.7 Å². The third-order valence-electron chi connectivity index (χ3n) is 6.78. The van der Waals surface area contributed by atoms with Crippen LogP contribution in [0.4, 0.5) is 13.2 Å². The predicted molar refractivity (Wildman–Crippen MR) is 138 cm³/mol. The fourth-order valence-corrected chi connectivity index (χ4v) is 5.32. The highest BCUT2D eigenvalue weighted by Crippen LogP contribution is 2.37. The van der Waals surface area contributed by atoms with Crippen molar-refractivity contribution in [2.24, 2.45) is 0 Å². The monoisotopic (exact) mass is 523 g/mol. The molecule has 1 aliphatic heterocycles. The molecule has 0 radical (unpaired) electrons. The molecule has 0 unspecified atom stereocenters. The lowest BCUT2D eigenvalue weighted by Gasteiger charge is -2.31. The first-order valence-corrected chi connectivity index (χ1v) is 12.4. The Morgan fingerprint density at radius 3 is 2.16 bits per heavy atom. The van der Waals surface area contributed by atoms with Crippen LogP contribution in [0.25, 0.3) is 0 Å². The van der Waals surface area contributed by atoms with Gasteiger partial charge in [-0.3, -0.25) is 14.3 Å². The Morgan fingerprint density at radius 1 is 0.946 bits per heavy atom. The maximum Gasteiger partial charge on any atom is 0.417 e. The molecule has 0 aliphatic carbocycles. The van der Waals surface area contributed by atoms with E-state index >= 15 is 0 Å². The number of aryl methyl sites for hydroxylation is 1. The van der Waals surface area contributed by atoms with E-state index < -0.39 is 11.7 Å². The lowest BCUT2D eigenvalue weighted by molar-refractivity contribution is -0.137. The highest BCUT2D eigenvalue weighted by Gasteiger charge is 2.34. The second kappa shape index (κ2) is 10.1. The van der Waals surface area contributed by atoms with E-state index in [0.29, 0.717) is 29.9 Å². The van der Waals surface area contributed by atoms with Crippen LogP contribution < -0.4 is 5.56 Å². The van der Waals surface area contributed by atoms with Gasteiger partial charge in [-0.05, 0) is 29.7 Å². The number of fused-ring (bicyclic) bond motifs is 1. The Kier molecular flexibility index (Phi) is 6.92. The van der Waals surface area contributed by atoms with Gasteiger partial charge < -0.3 is 0 Å². The standard InChI is InChI=1S/C29H25ClF3N3O/c1-19-34-25-15-16-35(17-22-13-8-14-24(26(22)30)29(31,32)33)18-23(25)28(37)36(19)27(20-9-4-2-5-10-20)21-11-6-3-7-12-21/h2-14,27H,15-18H2,1H3. The number of hydrogen-bond donors (Lipinski definition) is 0. The summed E-state index contributed by atoms with van der Waals surface area (Å²) in [5, 5.41) is -0.298. The average Bonchev–Trinajstić information content (AvgIpc) is 2.88. The van der Waals surface area contributed by atoms with E-state index in [9.17, 15) is 18.0 Å². The van der Waals surface area contributed by atoms with Crippen LogP contribution in [0, 0.1) is 6.92 Å². The SMILES string of the molecule is Cc1nc2c(c(=O)n1C(c1ccccc1)c1ccccc1)CN(Cc1cccc(C(F)(F)F)c1Cl)CC2. The molecule has 0 saturated carbocycles. The highest BCUT2D eigenvalue weighted by molar-refractivity contribution is 6.32. The lowest BCUT2D eigenvalue weighted by atomic mass is 9.97. The number of aromatic nitrogens is 2. The van der Waals surface area contributed by atoms with Crippen LogP contribution in [-0.4, -0.2) is 21.0 Å². The summed E-state index contributed by atoms with van der Waals surface area (Å²) in [5.41, 5.74) is 2.62. The Bertz CT molecular complexity index is 1430. The molecule has 0 fully saturated rings. The molecule has 0 atom stereocenters. The largest absolute Gasteiger partial charge is 0.417 e. The van der Waals surface area contributed by atoms with Gasteiger partial charge in [0.1, 0.15) is 5.82 Å². The molecule has 0 N–H and O–H groups in total. The van der Waals surface area contributed by atoms with E-state index in [1.54, 1.807) is 10.6 Å². The van der Waals surface area contributed by atoms with Gasteiger partial charge >= 0.3 is 6.18 Å². The van der Waals surface area contributed by atoms with Gasteiger partial charge in [0.05, 0.1) is 27.9 Å². The number of hydrogen-bond acceptors (Lipinski definition) is 3. The van der Waals surface area contributed by atoms with Gasteiger partial charge in [0.2, 0.25) is 0 Å². The van der Waals surface area contributed by atoms with Crippen LogP contribution in [0.3, 0.4) is 0 Å². The minimum atomic E-state index is -4.53. The van der Waals surface area contributed by atoms with Crippen LogP contribution in [0.5, 0.6) is 0 Å². The predicted octanol–water partition coefficient (Wildman–Crippen LogP) is 6.42. The maximum absolute atomic E-state index is 14.0. The molecule has 37 heavy (non-hydrogen) atoms. The lowest BCUT2D eigenvalue weighted by Crippen LogP contribution is -2.40. The summed E-state index contributed by atoms with van der Waals surface area (Å²) in [7, 11) is 0. The molecule has 8 heteroatoms. The Labute approximate surface area is 218 Å². The molecule has 0 spiro atoms. The molecule has 190 valence electrons. The Hall–Kier alpha value is -3.42. The molecule has 1 aliphatic rings. The molecule has 5 rings (SSSR count). The molecule has 4 nitrogen and oxygen atoms in total. The third kappa shape index (κ3) is 5.06. The number of benzene rings is 3. The zero-order valence-electron chi connectivity index (χ0n) is 20.2. The summed E-state index contributed by atoms with van der Waals surface area (Å²) >= 11 is 6.14. The molecular weight excluding hydrogens is 499 g/mol. The van der Waals surface area contributed by atoms with Crippen molar-refractivity contribution in [2.45, 2.75) is 38.7 Å². The number of nitrogens with zero attached hydrogens (tertiary/aromatic N) is 3. The van der Waals surface area contributed by atoms with E-state index in [1.165, 1.54) is 6.07 Å². The van der Waals surface area contributed by atoms with Gasteiger partial charge in [0.15, 0.2) is 0 Å². The molecule has 2 heterocycles. The number of halogens is 4. The van der Waals surface area contributed by atoms with Gasteiger partial charge in [-0.1, -0.05) is 84.4 Å². The van der Waals surface area contributed by atoms with E-state index in [1.807, 2.05) is 72.5 Å². The highest BCUT2D eigenvalue weighted by atomic mass is 35.5. The molecule has 1 aromatic heterocycles. The van der Waals surface area contributed by atoms with Gasteiger partial charge in [-0.25, -0.2) is 4.98 Å². The Morgan fingerprint density at radius 2 is 1.57 bits per heavy atom. The normalized spacial score (nSPS) is 14.1. The maximum atomic E-state index is 14.0. The van der Waals surface area contributed by atoms with Gasteiger partial charge in [-0.2, -0.15) is 13.2 Å². The number of rotatable bonds is 5. The summed E-state index contributed by atoms with van der Waals surface area (Å²) < 4.78 is 41.8. The second-order valence-electron chi connectivity index (χ2n) is 9.22. The fraction of sp³-hybridized carbons (Fsp3) is 0.241. The smallest absolute Gasteiger partial charge is 0.294 e. The third-order valence-corrected chi connectivity index (χ3v) is 7.23. The Balaban J connectivity index is 1.53. The number of alkyl halides is 3. The molecule has 0 amide bonds. The molecular formula is C29H25ClF3N3O. The summed E-state index contributed by atoms with van der Waals surface area (Å²) in [4.78, 5) is 20.8. The van der Waals surface area contributed by atoms with Crippen LogP contribution in [-0.2, 0) is 25.7 Å². The van der Waals surface area contributed by atoms with Crippen molar-refractivity contribution < 1.29 is 13.2 Å². The topological polar surface area (TPSA) is 38.1 Å². The van der Waals surface area contributed by atoms with Crippen LogP contribution >= 0.6 is 11.6 Å². The summed E-state index contributed by atoms with van der Waals surface area (Å²) in [5.74, 6) is 0.621. The van der Waals surface area contributed by atoms with E-state index in [0.717, 1.165) is 22.9 Å². The van der Waals surface area contributed by atoms with Gasteiger partial charge in [0.25, 0.3) is 5.56 Å². The van der Waals surface area contributed by atoms with Crippen molar-refractivity contribution in [3.8, 4) is 0 Å². The zero-order chi connectivity index (χ0) is 26.2. The van der Waals surface area contributed by atoms with Crippen LogP contribution in [0.2, 0.25) is 5.02 Å². The molecule has 0 saturated heterocycles. The first-order valence-electron chi connectivity index (χ1n) is 12.0. The average molecular weight is 524 g/mol. The van der Waals surface area contributed by atoms with E-state index in [2.05, 4.69) is 0 Å². The summed E-state index contributed by atoms with van der Waals surface area (Å²) in [6, 6.07) is 23.2. The fourth-order valence-electron chi connectivity index (χ4n) is 5.03. The van der Waals surface area contributed by atoms with E-state index in [-0.39, 0.29) is 29.7 Å². The van der Waals surface area contributed by atoms with Crippen molar-refractivity contribution >= 4 is 11.6 Å². The van der Waals surface area contributed by atoms with Crippen molar-refractivity contribution in [3.05, 3.63) is 134 Å². The first-order chi connectivity index (χ1) is 17.7. The quantitative estimate of drug-likeness (QED) is 0.303. The van der Waals surface area contributed by atoms with Crippen molar-refractivity contribution in [3.63, 3.8) is 0 Å². The molecule has 0 bridgehead atoms. The summed E-state index contributed by atoms with van der Waals surface area (Å²) in [6.45, 7) is 2.90. The minimum absolute atomic E-state index is 0.139.